The number of phenols is 1. The zero-order valence-electron chi connectivity index (χ0n) is 26.9. The maximum absolute atomic E-state index is 12.8. The van der Waals surface area contributed by atoms with Gasteiger partial charge in [0, 0.05) is 31.1 Å². The Kier molecular flexibility index (Phi) is 10.4. The molecule has 5 aromatic rings. The number of aromatic nitrogens is 2. The monoisotopic (exact) mass is 648 g/mol. The Morgan fingerprint density at radius 2 is 1.62 bits per heavy atom. The summed E-state index contributed by atoms with van der Waals surface area (Å²) in [7, 11) is 1.93. The maximum Gasteiger partial charge on any atom is 0.271 e. The van der Waals surface area contributed by atoms with Gasteiger partial charge in [0.15, 0.2) is 6.29 Å². The summed E-state index contributed by atoms with van der Waals surface area (Å²) >= 11 is 0. The van der Waals surface area contributed by atoms with Gasteiger partial charge in [0.05, 0.1) is 42.1 Å². The number of nitrogens with one attached hydrogen (secondary N) is 1. The van der Waals surface area contributed by atoms with E-state index in [0.29, 0.717) is 30.7 Å². The Labute approximate surface area is 279 Å². The third kappa shape index (κ3) is 7.87. The van der Waals surface area contributed by atoms with Crippen LogP contribution in [0.1, 0.15) is 63.7 Å². The van der Waals surface area contributed by atoms with Crippen molar-refractivity contribution in [2.75, 3.05) is 20.1 Å². The summed E-state index contributed by atoms with van der Waals surface area (Å²) < 4.78 is 13.2. The van der Waals surface area contributed by atoms with Crippen molar-refractivity contribution < 1.29 is 29.6 Å². The van der Waals surface area contributed by atoms with Crippen molar-refractivity contribution in [3.63, 3.8) is 0 Å². The quantitative estimate of drug-likeness (QED) is 0.152. The fraction of sp³-hybridized carbons (Fsp3) is 0.289. The second kappa shape index (κ2) is 15.0. The molecule has 4 aromatic carbocycles. The molecule has 248 valence electrons. The average molecular weight is 649 g/mol. The molecule has 1 fully saturated rings. The van der Waals surface area contributed by atoms with E-state index in [1.807, 2.05) is 84.7 Å². The lowest BCUT2D eigenvalue weighted by molar-refractivity contribution is -0.276. The van der Waals surface area contributed by atoms with Crippen molar-refractivity contribution in [3.8, 4) is 5.75 Å². The minimum Gasteiger partial charge on any atom is -0.508 e. The van der Waals surface area contributed by atoms with E-state index >= 15 is 0 Å². The normalized spacial score (nSPS) is 20.1. The molecule has 10 nitrogen and oxygen atoms in total. The Morgan fingerprint density at radius 1 is 0.917 bits per heavy atom. The molecule has 5 atom stereocenters. The van der Waals surface area contributed by atoms with Crippen LogP contribution in [-0.2, 0) is 22.6 Å². The van der Waals surface area contributed by atoms with Crippen LogP contribution in [0.5, 0.6) is 5.75 Å². The number of para-hydroxylation sites is 2. The number of aromatic hydroxyl groups is 1. The van der Waals surface area contributed by atoms with E-state index in [2.05, 4.69) is 22.2 Å². The fourth-order valence-electron chi connectivity index (χ4n) is 5.97. The SMILES string of the molecule is C[C@H]1[C@@H](CN(C)C[C@@H](O)c2cccc(O)c2)O[C@@H](c2ccc(CNC(=O)c3cnc4ccccc4n3)cc2)O[C@H]1c1ccc(CO)cc1. The summed E-state index contributed by atoms with van der Waals surface area (Å²) in [6.07, 6.45) is -0.484. The van der Waals surface area contributed by atoms with E-state index < -0.39 is 12.4 Å². The number of amides is 1. The number of hydrogen-bond acceptors (Lipinski definition) is 9. The summed E-state index contributed by atoms with van der Waals surface area (Å²) in [5, 5.41) is 33.2. The van der Waals surface area contributed by atoms with Crippen LogP contribution in [0.3, 0.4) is 0 Å². The van der Waals surface area contributed by atoms with Gasteiger partial charge in [-0.3, -0.25) is 9.78 Å². The number of fused-ring (bicyclic) bond motifs is 1. The summed E-state index contributed by atoms with van der Waals surface area (Å²) in [5.74, 6) is -0.225. The topological polar surface area (TPSA) is 137 Å². The van der Waals surface area contributed by atoms with Crippen LogP contribution >= 0.6 is 0 Å². The number of nitrogens with zero attached hydrogens (tertiary/aromatic N) is 3. The van der Waals surface area contributed by atoms with E-state index in [1.165, 1.54) is 6.20 Å². The van der Waals surface area contributed by atoms with E-state index in [4.69, 9.17) is 9.47 Å². The second-order valence-corrected chi connectivity index (χ2v) is 12.3. The van der Waals surface area contributed by atoms with Gasteiger partial charge >= 0.3 is 0 Å². The van der Waals surface area contributed by atoms with Gasteiger partial charge in [-0.15, -0.1) is 0 Å². The number of hydrogen-bond donors (Lipinski definition) is 4. The van der Waals surface area contributed by atoms with Crippen molar-refractivity contribution in [1.29, 1.82) is 0 Å². The van der Waals surface area contributed by atoms with Crippen molar-refractivity contribution in [2.45, 2.75) is 44.7 Å². The molecule has 0 bridgehead atoms. The molecule has 2 heterocycles. The van der Waals surface area contributed by atoms with Gasteiger partial charge in [0.25, 0.3) is 5.91 Å². The van der Waals surface area contributed by atoms with E-state index in [9.17, 15) is 20.1 Å². The molecule has 0 spiro atoms. The summed E-state index contributed by atoms with van der Waals surface area (Å²) in [6, 6.07) is 29.6. The first kappa shape index (κ1) is 33.2. The largest absolute Gasteiger partial charge is 0.508 e. The third-order valence-electron chi connectivity index (χ3n) is 8.74. The molecule has 0 saturated carbocycles. The van der Waals surface area contributed by atoms with Gasteiger partial charge in [-0.05, 0) is 53.6 Å². The number of benzene rings is 4. The predicted molar refractivity (Wildman–Crippen MR) is 181 cm³/mol. The van der Waals surface area contributed by atoms with Crippen molar-refractivity contribution >= 4 is 16.9 Å². The van der Waals surface area contributed by atoms with Crippen molar-refractivity contribution in [1.82, 2.24) is 20.2 Å². The van der Waals surface area contributed by atoms with E-state index in [1.54, 1.807) is 24.3 Å². The van der Waals surface area contributed by atoms with Crippen LogP contribution in [0, 0.1) is 5.92 Å². The lowest BCUT2D eigenvalue weighted by Gasteiger charge is -2.42. The number of ether oxygens (including phenoxy) is 2. The van der Waals surface area contributed by atoms with Crippen LogP contribution in [0.15, 0.2) is 103 Å². The first-order chi connectivity index (χ1) is 23.3. The van der Waals surface area contributed by atoms with Crippen molar-refractivity contribution in [2.24, 2.45) is 5.92 Å². The Bertz CT molecular complexity index is 1830. The number of phenolic OH excluding ortho intramolecular Hbond substituents is 1. The highest BCUT2D eigenvalue weighted by atomic mass is 16.7. The second-order valence-electron chi connectivity index (χ2n) is 12.3. The minimum atomic E-state index is -0.781. The van der Waals surface area contributed by atoms with Crippen LogP contribution < -0.4 is 5.32 Å². The standard InChI is InChI=1S/C38H40N4O6/c1-24-35(22-42(2)21-34(45)29-6-5-7-30(44)18-29)47-38(48-36(24)27-14-12-26(23-43)13-15-27)28-16-10-25(11-17-28)19-40-37(46)33-20-39-31-8-3-4-9-32(31)41-33/h3-18,20,24,34-36,38,43-45H,19,21-23H2,1-2H3,(H,40,46)/t24-,34+,35+,36+,38+/m0/s1. The zero-order valence-corrected chi connectivity index (χ0v) is 26.9. The highest BCUT2D eigenvalue weighted by Crippen LogP contribution is 2.42. The molecule has 1 saturated heterocycles. The number of carbonyl (C=O) groups excluding carboxylic acids is 1. The van der Waals surface area contributed by atoms with Gasteiger partial charge in [-0.1, -0.05) is 79.7 Å². The Hall–Kier alpha value is -4.71. The highest BCUT2D eigenvalue weighted by molar-refractivity contribution is 5.93. The molecule has 1 aliphatic rings. The van der Waals surface area contributed by atoms with Gasteiger partial charge in [-0.25, -0.2) is 4.98 Å². The molecule has 48 heavy (non-hydrogen) atoms. The molecule has 1 aliphatic heterocycles. The minimum absolute atomic E-state index is 0.0331. The first-order valence-electron chi connectivity index (χ1n) is 16.0. The van der Waals surface area contributed by atoms with Crippen LogP contribution in [-0.4, -0.2) is 62.3 Å². The molecule has 10 heteroatoms. The molecule has 6 rings (SSSR count). The smallest absolute Gasteiger partial charge is 0.271 e. The molecular formula is C38H40N4O6. The molecular weight excluding hydrogens is 608 g/mol. The maximum atomic E-state index is 12.8. The zero-order chi connectivity index (χ0) is 33.6. The average Bonchev–Trinajstić information content (AvgIpc) is 3.11. The van der Waals surface area contributed by atoms with Gasteiger partial charge < -0.3 is 35.0 Å². The number of rotatable bonds is 11. The van der Waals surface area contributed by atoms with Gasteiger partial charge in [0.2, 0.25) is 0 Å². The fourth-order valence-corrected chi connectivity index (χ4v) is 5.97. The molecule has 0 unspecified atom stereocenters. The van der Waals surface area contributed by atoms with Crippen LogP contribution in [0.2, 0.25) is 0 Å². The number of likely N-dealkylation sites (N-methyl/N-ethyl adjacent to an activating group) is 1. The highest BCUT2D eigenvalue weighted by Gasteiger charge is 2.39. The molecule has 0 radical (unpaired) electrons. The number of aliphatic hydroxyl groups is 2. The third-order valence-corrected chi connectivity index (χ3v) is 8.74. The number of carbonyl (C=O) groups is 1. The van der Waals surface area contributed by atoms with Gasteiger partial charge in [-0.2, -0.15) is 0 Å². The lowest BCUT2D eigenvalue weighted by atomic mass is 9.90. The van der Waals surface area contributed by atoms with Crippen LogP contribution in [0.25, 0.3) is 11.0 Å². The summed E-state index contributed by atoms with van der Waals surface area (Å²) in [6.45, 7) is 3.25. The first-order valence-corrected chi connectivity index (χ1v) is 16.0. The molecule has 4 N–H and O–H groups in total. The predicted octanol–water partition coefficient (Wildman–Crippen LogP) is 5.21. The molecule has 1 amide bonds. The Balaban J connectivity index is 1.14. The molecule has 0 aliphatic carbocycles. The van der Waals surface area contributed by atoms with Crippen molar-refractivity contribution in [3.05, 3.63) is 137 Å². The Morgan fingerprint density at radius 3 is 2.35 bits per heavy atom. The summed E-state index contributed by atoms with van der Waals surface area (Å²) in [5.41, 5.74) is 5.83. The van der Waals surface area contributed by atoms with E-state index in [0.717, 1.165) is 27.8 Å². The number of aliphatic hydroxyl groups excluding tert-OH is 2. The van der Waals surface area contributed by atoms with Crippen LogP contribution in [0.4, 0.5) is 0 Å². The van der Waals surface area contributed by atoms with Gasteiger partial charge in [0.1, 0.15) is 11.4 Å². The molecule has 1 aromatic heterocycles. The lowest BCUT2D eigenvalue weighted by Crippen LogP contribution is -2.44. The van der Waals surface area contributed by atoms with E-state index in [-0.39, 0.29) is 42.1 Å². The summed E-state index contributed by atoms with van der Waals surface area (Å²) in [4.78, 5) is 23.6.